The standard InChI is InChI=1S/C17H26N4OS/c22-15(18-14-3-1-2-4-14)11-21-9-7-13(8-10-21)17-20-19-16(23-17)12-5-6-12/h12-14H,1-11H2,(H,18,22). The van der Waals surface area contributed by atoms with E-state index in [0.717, 1.165) is 38.8 Å². The van der Waals surface area contributed by atoms with Crippen LogP contribution >= 0.6 is 11.3 Å². The molecule has 1 saturated heterocycles. The zero-order chi connectivity index (χ0) is 15.6. The van der Waals surface area contributed by atoms with Gasteiger partial charge in [-0.1, -0.05) is 12.8 Å². The molecule has 3 fully saturated rings. The molecule has 6 heteroatoms. The maximum Gasteiger partial charge on any atom is 0.234 e. The van der Waals surface area contributed by atoms with Gasteiger partial charge in [-0.3, -0.25) is 9.69 Å². The summed E-state index contributed by atoms with van der Waals surface area (Å²) in [7, 11) is 0. The Morgan fingerprint density at radius 1 is 1.00 bits per heavy atom. The van der Waals surface area contributed by atoms with Gasteiger partial charge in [0, 0.05) is 17.9 Å². The SMILES string of the molecule is O=C(CN1CCC(c2nnc(C3CC3)s2)CC1)NC1CCCC1. The topological polar surface area (TPSA) is 58.1 Å². The van der Waals surface area contributed by atoms with Crippen LogP contribution in [0.2, 0.25) is 0 Å². The Morgan fingerprint density at radius 2 is 1.61 bits per heavy atom. The molecule has 0 spiro atoms. The highest BCUT2D eigenvalue weighted by Gasteiger charge is 2.30. The Bertz CT molecular complexity index is 543. The van der Waals surface area contributed by atoms with Gasteiger partial charge >= 0.3 is 0 Å². The first-order valence-electron chi connectivity index (χ1n) is 9.13. The highest BCUT2D eigenvalue weighted by Crippen LogP contribution is 2.43. The van der Waals surface area contributed by atoms with Gasteiger partial charge in [0.25, 0.3) is 0 Å². The van der Waals surface area contributed by atoms with E-state index in [9.17, 15) is 4.79 Å². The lowest BCUT2D eigenvalue weighted by atomic mass is 9.98. The lowest BCUT2D eigenvalue weighted by Crippen LogP contribution is -2.43. The highest BCUT2D eigenvalue weighted by molar-refractivity contribution is 7.11. The predicted molar refractivity (Wildman–Crippen MR) is 90.7 cm³/mol. The second kappa shape index (κ2) is 6.85. The molecule has 0 bridgehead atoms. The van der Waals surface area contributed by atoms with Crippen molar-refractivity contribution in [3.05, 3.63) is 10.0 Å². The van der Waals surface area contributed by atoms with E-state index in [1.165, 1.54) is 35.7 Å². The van der Waals surface area contributed by atoms with Crippen LogP contribution in [0.1, 0.15) is 73.2 Å². The third-order valence-corrected chi connectivity index (χ3v) is 6.66. The van der Waals surface area contributed by atoms with Gasteiger partial charge in [0.15, 0.2) is 0 Å². The molecular weight excluding hydrogens is 308 g/mol. The van der Waals surface area contributed by atoms with Crippen LogP contribution in [0.25, 0.3) is 0 Å². The van der Waals surface area contributed by atoms with Gasteiger partial charge in [0.1, 0.15) is 10.0 Å². The summed E-state index contributed by atoms with van der Waals surface area (Å²) in [6.45, 7) is 2.56. The first kappa shape index (κ1) is 15.5. The van der Waals surface area contributed by atoms with E-state index in [4.69, 9.17) is 0 Å². The molecule has 126 valence electrons. The molecular formula is C17H26N4OS. The number of carbonyl (C=O) groups is 1. The van der Waals surface area contributed by atoms with Crippen LogP contribution in [0.15, 0.2) is 0 Å². The Balaban J connectivity index is 1.22. The van der Waals surface area contributed by atoms with Crippen LogP contribution in [0, 0.1) is 0 Å². The number of rotatable bonds is 5. The van der Waals surface area contributed by atoms with E-state index >= 15 is 0 Å². The minimum absolute atomic E-state index is 0.210. The number of carbonyl (C=O) groups excluding carboxylic acids is 1. The molecule has 3 aliphatic rings. The van der Waals surface area contributed by atoms with Crippen molar-refractivity contribution in [1.29, 1.82) is 0 Å². The van der Waals surface area contributed by atoms with Crippen molar-refractivity contribution in [3.8, 4) is 0 Å². The van der Waals surface area contributed by atoms with E-state index in [0.29, 0.717) is 24.4 Å². The average Bonchev–Trinajstić information content (AvgIpc) is 3.07. The van der Waals surface area contributed by atoms with E-state index in [2.05, 4.69) is 20.4 Å². The number of amides is 1. The Morgan fingerprint density at radius 3 is 2.22 bits per heavy atom. The fourth-order valence-corrected chi connectivity index (χ4v) is 4.97. The van der Waals surface area contributed by atoms with Gasteiger partial charge in [-0.05, 0) is 51.6 Å². The molecule has 0 aromatic carbocycles. The summed E-state index contributed by atoms with van der Waals surface area (Å²) in [6.07, 6.45) is 9.66. The van der Waals surface area contributed by atoms with Crippen molar-refractivity contribution in [2.75, 3.05) is 19.6 Å². The summed E-state index contributed by atoms with van der Waals surface area (Å²) >= 11 is 1.83. The van der Waals surface area contributed by atoms with Crippen molar-refractivity contribution in [1.82, 2.24) is 20.4 Å². The molecule has 1 aromatic rings. The quantitative estimate of drug-likeness (QED) is 0.899. The van der Waals surface area contributed by atoms with Gasteiger partial charge < -0.3 is 5.32 Å². The second-order valence-corrected chi connectivity index (χ2v) is 8.39. The maximum absolute atomic E-state index is 12.1. The van der Waals surface area contributed by atoms with Crippen LogP contribution in [0.5, 0.6) is 0 Å². The van der Waals surface area contributed by atoms with Gasteiger partial charge in [0.05, 0.1) is 6.54 Å². The zero-order valence-corrected chi connectivity index (χ0v) is 14.5. The molecule has 1 aliphatic heterocycles. The summed E-state index contributed by atoms with van der Waals surface area (Å²) in [5.41, 5.74) is 0. The Kier molecular flexibility index (Phi) is 4.62. The van der Waals surface area contributed by atoms with Gasteiger partial charge in [-0.2, -0.15) is 0 Å². The number of piperidine rings is 1. The van der Waals surface area contributed by atoms with Crippen LogP contribution in [-0.2, 0) is 4.79 Å². The van der Waals surface area contributed by atoms with Crippen molar-refractivity contribution < 1.29 is 4.79 Å². The summed E-state index contributed by atoms with van der Waals surface area (Å²) in [4.78, 5) is 14.4. The lowest BCUT2D eigenvalue weighted by Gasteiger charge is -2.30. The van der Waals surface area contributed by atoms with Crippen molar-refractivity contribution in [2.45, 2.75) is 69.2 Å². The molecule has 2 saturated carbocycles. The number of nitrogens with zero attached hydrogens (tertiary/aromatic N) is 3. The highest BCUT2D eigenvalue weighted by atomic mass is 32.1. The lowest BCUT2D eigenvalue weighted by molar-refractivity contribution is -0.123. The molecule has 2 heterocycles. The number of aromatic nitrogens is 2. The fourth-order valence-electron chi connectivity index (χ4n) is 3.79. The van der Waals surface area contributed by atoms with Gasteiger partial charge in [0.2, 0.25) is 5.91 Å². The molecule has 23 heavy (non-hydrogen) atoms. The number of likely N-dealkylation sites (tertiary alicyclic amines) is 1. The first-order valence-corrected chi connectivity index (χ1v) is 9.94. The van der Waals surface area contributed by atoms with E-state index in [1.54, 1.807) is 0 Å². The molecule has 0 radical (unpaired) electrons. The minimum atomic E-state index is 0.210. The van der Waals surface area contributed by atoms with Crippen molar-refractivity contribution in [3.63, 3.8) is 0 Å². The Hall–Kier alpha value is -1.01. The van der Waals surface area contributed by atoms with Crippen molar-refractivity contribution in [2.24, 2.45) is 0 Å². The summed E-state index contributed by atoms with van der Waals surface area (Å²) in [5, 5.41) is 14.5. The number of nitrogens with one attached hydrogen (secondary N) is 1. The fraction of sp³-hybridized carbons (Fsp3) is 0.824. The zero-order valence-electron chi connectivity index (χ0n) is 13.7. The first-order chi connectivity index (χ1) is 11.3. The minimum Gasteiger partial charge on any atom is -0.352 e. The maximum atomic E-state index is 12.1. The molecule has 0 unspecified atom stereocenters. The normalized spacial score (nSPS) is 24.2. The molecule has 1 amide bonds. The molecule has 1 aromatic heterocycles. The summed E-state index contributed by atoms with van der Waals surface area (Å²) in [5.74, 6) is 1.47. The smallest absolute Gasteiger partial charge is 0.234 e. The average molecular weight is 334 g/mol. The summed E-state index contributed by atoms with van der Waals surface area (Å²) in [6, 6.07) is 0.433. The second-order valence-electron chi connectivity index (χ2n) is 7.35. The van der Waals surface area contributed by atoms with E-state index in [-0.39, 0.29) is 5.91 Å². The van der Waals surface area contributed by atoms with Crippen molar-refractivity contribution >= 4 is 17.2 Å². The molecule has 0 atom stereocenters. The molecule has 1 N–H and O–H groups in total. The largest absolute Gasteiger partial charge is 0.352 e. The summed E-state index contributed by atoms with van der Waals surface area (Å²) < 4.78 is 0. The van der Waals surface area contributed by atoms with E-state index < -0.39 is 0 Å². The molecule has 4 rings (SSSR count). The van der Waals surface area contributed by atoms with Crippen LogP contribution in [0.3, 0.4) is 0 Å². The van der Waals surface area contributed by atoms with Gasteiger partial charge in [-0.15, -0.1) is 21.5 Å². The number of hydrogen-bond acceptors (Lipinski definition) is 5. The van der Waals surface area contributed by atoms with Crippen LogP contribution in [0.4, 0.5) is 0 Å². The number of hydrogen-bond donors (Lipinski definition) is 1. The Labute approximate surface area is 141 Å². The van der Waals surface area contributed by atoms with Crippen LogP contribution < -0.4 is 5.32 Å². The predicted octanol–water partition coefficient (Wildman–Crippen LogP) is 2.65. The third-order valence-electron chi connectivity index (χ3n) is 5.41. The van der Waals surface area contributed by atoms with Gasteiger partial charge in [-0.25, -0.2) is 0 Å². The van der Waals surface area contributed by atoms with Crippen LogP contribution in [-0.4, -0.2) is 46.7 Å². The molecule has 5 nitrogen and oxygen atoms in total. The van der Waals surface area contributed by atoms with E-state index in [1.807, 2.05) is 11.3 Å². The monoisotopic (exact) mass is 334 g/mol. The molecule has 2 aliphatic carbocycles. The third kappa shape index (κ3) is 3.91.